The monoisotopic (exact) mass is 363 g/mol. The highest BCUT2D eigenvalue weighted by Crippen LogP contribution is 2.14. The first kappa shape index (κ1) is 19.5. The fraction of sp³-hybridized carbons (Fsp3) is 0.556. The van der Waals surface area contributed by atoms with Crippen LogP contribution in [-0.4, -0.2) is 42.5 Å². The molecule has 0 aliphatic rings. The Labute approximate surface area is 154 Å². The van der Waals surface area contributed by atoms with Crippen LogP contribution in [0.25, 0.3) is 0 Å². The zero-order valence-electron chi connectivity index (χ0n) is 15.6. The predicted octanol–water partition coefficient (Wildman–Crippen LogP) is 2.51. The zero-order valence-corrected chi connectivity index (χ0v) is 16.4. The smallest absolute Gasteiger partial charge is 0.191 e. The number of aliphatic imine (C=N–C) groups is 1. The highest BCUT2D eigenvalue weighted by atomic mass is 32.1. The molecule has 2 heterocycles. The molecule has 0 aromatic carbocycles. The molecule has 2 N–H and O–H groups in total. The minimum atomic E-state index is 0.624. The Balaban J connectivity index is 1.96. The van der Waals surface area contributed by atoms with Crippen LogP contribution in [0.15, 0.2) is 22.5 Å². The summed E-state index contributed by atoms with van der Waals surface area (Å²) in [5.41, 5.74) is 3.38. The van der Waals surface area contributed by atoms with Crippen molar-refractivity contribution in [2.75, 3.05) is 26.8 Å². The van der Waals surface area contributed by atoms with Gasteiger partial charge in [-0.05, 0) is 38.6 Å². The van der Waals surface area contributed by atoms with E-state index in [1.165, 1.54) is 10.4 Å². The maximum absolute atomic E-state index is 5.15. The molecule has 6 nitrogen and oxygen atoms in total. The zero-order chi connectivity index (χ0) is 18.1. The normalized spacial score (nSPS) is 11.8. The molecule has 0 atom stereocenters. The van der Waals surface area contributed by atoms with Gasteiger partial charge in [-0.2, -0.15) is 5.10 Å². The van der Waals surface area contributed by atoms with Crippen LogP contribution in [0.2, 0.25) is 0 Å². The van der Waals surface area contributed by atoms with Crippen LogP contribution in [0.4, 0.5) is 0 Å². The SMILES string of the molecule is CCNC(=NCc1c(C)nn(CCOC)c1C)NCCc1cccs1. The number of nitrogens with one attached hydrogen (secondary N) is 2. The highest BCUT2D eigenvalue weighted by molar-refractivity contribution is 7.09. The third-order valence-corrected chi connectivity index (χ3v) is 4.96. The van der Waals surface area contributed by atoms with Crippen molar-refractivity contribution in [2.45, 2.75) is 40.3 Å². The molecule has 2 rings (SSSR count). The van der Waals surface area contributed by atoms with Crippen molar-refractivity contribution in [3.63, 3.8) is 0 Å². The first-order valence-corrected chi connectivity index (χ1v) is 9.60. The minimum Gasteiger partial charge on any atom is -0.383 e. The molecule has 0 radical (unpaired) electrons. The van der Waals surface area contributed by atoms with Gasteiger partial charge in [0.25, 0.3) is 0 Å². The Bertz CT molecular complexity index is 663. The van der Waals surface area contributed by atoms with Gasteiger partial charge in [-0.25, -0.2) is 4.99 Å². The lowest BCUT2D eigenvalue weighted by Gasteiger charge is -2.11. The number of rotatable bonds is 9. The summed E-state index contributed by atoms with van der Waals surface area (Å²) in [4.78, 5) is 6.11. The van der Waals surface area contributed by atoms with E-state index in [-0.39, 0.29) is 0 Å². The van der Waals surface area contributed by atoms with Gasteiger partial charge in [0.2, 0.25) is 0 Å². The number of aromatic nitrogens is 2. The summed E-state index contributed by atoms with van der Waals surface area (Å²) in [6, 6.07) is 4.25. The lowest BCUT2D eigenvalue weighted by atomic mass is 10.2. The average molecular weight is 364 g/mol. The van der Waals surface area contributed by atoms with Crippen molar-refractivity contribution in [2.24, 2.45) is 4.99 Å². The second-order valence-electron chi connectivity index (χ2n) is 5.82. The minimum absolute atomic E-state index is 0.624. The fourth-order valence-corrected chi connectivity index (χ4v) is 3.33. The highest BCUT2D eigenvalue weighted by Gasteiger charge is 2.11. The summed E-state index contributed by atoms with van der Waals surface area (Å²) >= 11 is 1.79. The summed E-state index contributed by atoms with van der Waals surface area (Å²) in [5, 5.41) is 13.4. The molecule has 2 aromatic heterocycles. The molecule has 0 aliphatic heterocycles. The van der Waals surface area contributed by atoms with Gasteiger partial charge in [-0.1, -0.05) is 6.07 Å². The van der Waals surface area contributed by atoms with E-state index in [2.05, 4.69) is 47.1 Å². The van der Waals surface area contributed by atoms with E-state index in [1.54, 1.807) is 18.4 Å². The Morgan fingerprint density at radius 3 is 2.88 bits per heavy atom. The number of hydrogen-bond donors (Lipinski definition) is 2. The maximum atomic E-state index is 5.15. The number of thiophene rings is 1. The lowest BCUT2D eigenvalue weighted by molar-refractivity contribution is 0.182. The van der Waals surface area contributed by atoms with Gasteiger partial charge in [0.1, 0.15) is 0 Å². The van der Waals surface area contributed by atoms with Crippen LogP contribution < -0.4 is 10.6 Å². The molecule has 0 saturated carbocycles. The topological polar surface area (TPSA) is 63.5 Å². The largest absolute Gasteiger partial charge is 0.383 e. The Morgan fingerprint density at radius 2 is 2.20 bits per heavy atom. The summed E-state index contributed by atoms with van der Waals surface area (Å²) in [6.07, 6.45) is 1.01. The molecule has 25 heavy (non-hydrogen) atoms. The van der Waals surface area contributed by atoms with Crippen LogP contribution in [0.1, 0.15) is 28.8 Å². The van der Waals surface area contributed by atoms with Crippen molar-refractivity contribution < 1.29 is 4.74 Å². The number of hydrogen-bond acceptors (Lipinski definition) is 4. The van der Waals surface area contributed by atoms with E-state index in [1.807, 2.05) is 11.6 Å². The van der Waals surface area contributed by atoms with E-state index < -0.39 is 0 Å². The number of methoxy groups -OCH3 is 1. The summed E-state index contributed by atoms with van der Waals surface area (Å²) in [5.74, 6) is 0.850. The standard InChI is InChI=1S/C18H29N5OS/c1-5-19-18(20-9-8-16-7-6-12-25-16)21-13-17-14(2)22-23(15(17)3)10-11-24-4/h6-7,12H,5,8-11,13H2,1-4H3,(H2,19,20,21). The van der Waals surface area contributed by atoms with Crippen LogP contribution in [0, 0.1) is 13.8 Å². The maximum Gasteiger partial charge on any atom is 0.191 e. The molecule has 0 saturated heterocycles. The predicted molar refractivity (Wildman–Crippen MR) is 104 cm³/mol. The molecular weight excluding hydrogens is 334 g/mol. The van der Waals surface area contributed by atoms with E-state index in [0.29, 0.717) is 13.2 Å². The molecule has 0 unspecified atom stereocenters. The number of guanidine groups is 1. The Hall–Kier alpha value is -1.86. The van der Waals surface area contributed by atoms with Gasteiger partial charge in [-0.3, -0.25) is 4.68 Å². The summed E-state index contributed by atoms with van der Waals surface area (Å²) < 4.78 is 7.15. The lowest BCUT2D eigenvalue weighted by Crippen LogP contribution is -2.38. The molecule has 0 amide bonds. The third kappa shape index (κ3) is 5.86. The van der Waals surface area contributed by atoms with Crippen molar-refractivity contribution >= 4 is 17.3 Å². The van der Waals surface area contributed by atoms with Crippen molar-refractivity contribution in [1.82, 2.24) is 20.4 Å². The van der Waals surface area contributed by atoms with Gasteiger partial charge in [0.05, 0.1) is 25.4 Å². The second-order valence-corrected chi connectivity index (χ2v) is 6.85. The molecule has 0 aliphatic carbocycles. The molecular formula is C18H29N5OS. The molecule has 7 heteroatoms. The van der Waals surface area contributed by atoms with Crippen LogP contribution in [-0.2, 0) is 24.2 Å². The Morgan fingerprint density at radius 1 is 1.36 bits per heavy atom. The quantitative estimate of drug-likeness (QED) is 0.531. The summed E-state index contributed by atoms with van der Waals surface area (Å²) in [6.45, 7) is 9.99. The van der Waals surface area contributed by atoms with Gasteiger partial charge < -0.3 is 15.4 Å². The van der Waals surface area contributed by atoms with Gasteiger partial charge >= 0.3 is 0 Å². The fourth-order valence-electron chi connectivity index (χ4n) is 2.62. The first-order valence-electron chi connectivity index (χ1n) is 8.72. The van der Waals surface area contributed by atoms with Gasteiger partial charge in [0.15, 0.2) is 5.96 Å². The van der Waals surface area contributed by atoms with E-state index in [4.69, 9.17) is 9.73 Å². The second kappa shape index (κ2) is 10.2. The molecule has 0 bridgehead atoms. The third-order valence-electron chi connectivity index (χ3n) is 4.02. The van der Waals surface area contributed by atoms with E-state index in [9.17, 15) is 0 Å². The van der Waals surface area contributed by atoms with Crippen LogP contribution in [0.3, 0.4) is 0 Å². The number of ether oxygens (including phenoxy) is 1. The summed E-state index contributed by atoms with van der Waals surface area (Å²) in [7, 11) is 1.71. The molecule has 0 spiro atoms. The number of nitrogens with zero attached hydrogens (tertiary/aromatic N) is 3. The van der Waals surface area contributed by atoms with E-state index in [0.717, 1.165) is 43.4 Å². The van der Waals surface area contributed by atoms with Crippen molar-refractivity contribution in [3.05, 3.63) is 39.3 Å². The molecule has 2 aromatic rings. The molecule has 138 valence electrons. The van der Waals surface area contributed by atoms with Crippen LogP contribution in [0.5, 0.6) is 0 Å². The number of aryl methyl sites for hydroxylation is 1. The molecule has 0 fully saturated rings. The van der Waals surface area contributed by atoms with E-state index >= 15 is 0 Å². The van der Waals surface area contributed by atoms with Crippen LogP contribution >= 0.6 is 11.3 Å². The average Bonchev–Trinajstić information content (AvgIpc) is 3.20. The first-order chi connectivity index (χ1) is 12.2. The van der Waals surface area contributed by atoms with Crippen molar-refractivity contribution in [3.8, 4) is 0 Å². The van der Waals surface area contributed by atoms with Gasteiger partial charge in [-0.15, -0.1) is 11.3 Å². The van der Waals surface area contributed by atoms with Crippen molar-refractivity contribution in [1.29, 1.82) is 0 Å². The Kier molecular flexibility index (Phi) is 7.94. The van der Waals surface area contributed by atoms with Gasteiger partial charge in [0, 0.05) is 36.3 Å².